The Balaban J connectivity index is 2.90. The van der Waals surface area contributed by atoms with Crippen molar-refractivity contribution in [1.82, 2.24) is 0 Å². The first kappa shape index (κ1) is 6.70. The fourth-order valence-electron chi connectivity index (χ4n) is 0.769. The van der Waals surface area contributed by atoms with Crippen LogP contribution in [0.3, 0.4) is 0 Å². The number of halogens is 2. The molecule has 0 saturated heterocycles. The first-order valence-electron chi connectivity index (χ1n) is 2.59. The SMILES string of the molecule is Clc1csc2cc(Br)oc12. The highest BCUT2D eigenvalue weighted by Crippen LogP contribution is 2.34. The molecule has 1 nitrogen and oxygen atoms in total. The standard InChI is InChI=1S/C6H2BrClOS/c7-5-1-4-6(9-5)3(8)2-10-4/h1-2H. The normalized spacial score (nSPS) is 11.0. The van der Waals surface area contributed by atoms with Gasteiger partial charge in [-0.25, -0.2) is 0 Å². The molecule has 0 fully saturated rings. The second-order valence-electron chi connectivity index (χ2n) is 1.83. The summed E-state index contributed by atoms with van der Waals surface area (Å²) in [6.07, 6.45) is 0. The van der Waals surface area contributed by atoms with E-state index >= 15 is 0 Å². The molecule has 0 N–H and O–H groups in total. The summed E-state index contributed by atoms with van der Waals surface area (Å²) < 4.78 is 7.05. The summed E-state index contributed by atoms with van der Waals surface area (Å²) >= 11 is 10.6. The first-order chi connectivity index (χ1) is 4.77. The zero-order chi connectivity index (χ0) is 7.14. The van der Waals surface area contributed by atoms with E-state index in [4.69, 9.17) is 16.0 Å². The van der Waals surface area contributed by atoms with Crippen LogP contribution in [-0.4, -0.2) is 0 Å². The summed E-state index contributed by atoms with van der Waals surface area (Å²) in [6.45, 7) is 0. The summed E-state index contributed by atoms with van der Waals surface area (Å²) in [6, 6.07) is 1.91. The van der Waals surface area contributed by atoms with Crippen molar-refractivity contribution in [2.75, 3.05) is 0 Å². The maximum Gasteiger partial charge on any atom is 0.171 e. The lowest BCUT2D eigenvalue weighted by atomic mass is 10.5. The van der Waals surface area contributed by atoms with Gasteiger partial charge in [-0.15, -0.1) is 11.3 Å². The number of hydrogen-bond acceptors (Lipinski definition) is 2. The van der Waals surface area contributed by atoms with Gasteiger partial charge in [0.1, 0.15) is 0 Å². The van der Waals surface area contributed by atoms with Crippen molar-refractivity contribution in [3.63, 3.8) is 0 Å². The molecule has 2 aromatic heterocycles. The predicted molar refractivity (Wildman–Crippen MR) is 46.8 cm³/mol. The first-order valence-corrected chi connectivity index (χ1v) is 4.64. The molecule has 0 aliphatic carbocycles. The summed E-state index contributed by atoms with van der Waals surface area (Å²) in [5.74, 6) is 0. The van der Waals surface area contributed by atoms with Gasteiger partial charge in [0.15, 0.2) is 10.3 Å². The van der Waals surface area contributed by atoms with Crippen molar-refractivity contribution < 1.29 is 4.42 Å². The fourth-order valence-corrected chi connectivity index (χ4v) is 2.41. The van der Waals surface area contributed by atoms with E-state index in [-0.39, 0.29) is 0 Å². The minimum Gasteiger partial charge on any atom is -0.447 e. The summed E-state index contributed by atoms with van der Waals surface area (Å²) in [7, 11) is 0. The van der Waals surface area contributed by atoms with Crippen LogP contribution < -0.4 is 0 Å². The minimum atomic E-state index is 0.686. The van der Waals surface area contributed by atoms with E-state index in [1.54, 1.807) is 11.3 Å². The van der Waals surface area contributed by atoms with Crippen LogP contribution in [0.15, 0.2) is 20.5 Å². The second kappa shape index (κ2) is 2.26. The van der Waals surface area contributed by atoms with Crippen molar-refractivity contribution in [3.8, 4) is 0 Å². The van der Waals surface area contributed by atoms with E-state index in [0.717, 1.165) is 15.0 Å². The largest absolute Gasteiger partial charge is 0.447 e. The average Bonchev–Trinajstić information content (AvgIpc) is 2.35. The molecule has 0 saturated carbocycles. The van der Waals surface area contributed by atoms with Crippen molar-refractivity contribution in [2.24, 2.45) is 0 Å². The molecule has 0 aromatic carbocycles. The molecule has 2 rings (SSSR count). The smallest absolute Gasteiger partial charge is 0.171 e. The minimum absolute atomic E-state index is 0.686. The average molecular weight is 238 g/mol. The van der Waals surface area contributed by atoms with Gasteiger partial charge in [0.25, 0.3) is 0 Å². The molecule has 0 spiro atoms. The predicted octanol–water partition coefficient (Wildman–Crippen LogP) is 3.91. The number of thiophene rings is 1. The van der Waals surface area contributed by atoms with Crippen LogP contribution in [0, 0.1) is 0 Å². The van der Waals surface area contributed by atoms with Gasteiger partial charge < -0.3 is 4.42 Å². The van der Waals surface area contributed by atoms with Crippen molar-refractivity contribution in [1.29, 1.82) is 0 Å². The van der Waals surface area contributed by atoms with Gasteiger partial charge >= 0.3 is 0 Å². The Morgan fingerprint density at radius 3 is 3.10 bits per heavy atom. The molecule has 0 amide bonds. The van der Waals surface area contributed by atoms with E-state index in [0.29, 0.717) is 5.02 Å². The van der Waals surface area contributed by atoms with Crippen LogP contribution in [0.4, 0.5) is 0 Å². The highest BCUT2D eigenvalue weighted by molar-refractivity contribution is 9.10. The Morgan fingerprint density at radius 2 is 2.40 bits per heavy atom. The van der Waals surface area contributed by atoms with Crippen molar-refractivity contribution in [2.45, 2.75) is 0 Å². The van der Waals surface area contributed by atoms with Crippen LogP contribution in [-0.2, 0) is 0 Å². The van der Waals surface area contributed by atoms with E-state index in [9.17, 15) is 0 Å². The molecular formula is C6H2BrClOS. The maximum atomic E-state index is 5.78. The van der Waals surface area contributed by atoms with Crippen LogP contribution in [0.2, 0.25) is 5.02 Å². The quantitative estimate of drug-likeness (QED) is 0.677. The van der Waals surface area contributed by atoms with Gasteiger partial charge in [0.05, 0.1) is 9.72 Å². The number of rotatable bonds is 0. The van der Waals surface area contributed by atoms with Crippen LogP contribution in [0.5, 0.6) is 0 Å². The lowest BCUT2D eigenvalue weighted by molar-refractivity contribution is 0.588. The van der Waals surface area contributed by atoms with Gasteiger partial charge in [0, 0.05) is 11.4 Å². The molecule has 0 aliphatic rings. The third kappa shape index (κ3) is 0.892. The fraction of sp³-hybridized carbons (Fsp3) is 0. The van der Waals surface area contributed by atoms with Gasteiger partial charge in [-0.05, 0) is 15.9 Å². The molecule has 0 radical (unpaired) electrons. The molecule has 4 heteroatoms. The second-order valence-corrected chi connectivity index (χ2v) is 3.93. The van der Waals surface area contributed by atoms with Gasteiger partial charge in [-0.1, -0.05) is 11.6 Å². The van der Waals surface area contributed by atoms with Crippen LogP contribution in [0.1, 0.15) is 0 Å². The molecule has 2 heterocycles. The lowest BCUT2D eigenvalue weighted by Crippen LogP contribution is -1.47. The molecule has 0 atom stereocenters. The van der Waals surface area contributed by atoms with E-state index in [2.05, 4.69) is 15.9 Å². The highest BCUT2D eigenvalue weighted by Gasteiger charge is 2.06. The molecular weight excluding hydrogens is 235 g/mol. The van der Waals surface area contributed by atoms with E-state index in [1.807, 2.05) is 11.4 Å². The van der Waals surface area contributed by atoms with E-state index < -0.39 is 0 Å². The zero-order valence-electron chi connectivity index (χ0n) is 4.73. The van der Waals surface area contributed by atoms with Gasteiger partial charge in [-0.2, -0.15) is 0 Å². The third-order valence-corrected chi connectivity index (χ3v) is 2.89. The summed E-state index contributed by atoms with van der Waals surface area (Å²) in [4.78, 5) is 0. The van der Waals surface area contributed by atoms with Crippen molar-refractivity contribution >= 4 is 49.2 Å². The van der Waals surface area contributed by atoms with E-state index in [1.165, 1.54) is 0 Å². The summed E-state index contributed by atoms with van der Waals surface area (Å²) in [5, 5.41) is 2.55. The van der Waals surface area contributed by atoms with Gasteiger partial charge in [-0.3, -0.25) is 0 Å². The molecule has 52 valence electrons. The van der Waals surface area contributed by atoms with Crippen LogP contribution >= 0.6 is 38.9 Å². The Kier molecular flexibility index (Phi) is 1.51. The molecule has 0 aliphatic heterocycles. The molecule has 0 bridgehead atoms. The number of hydrogen-bond donors (Lipinski definition) is 0. The van der Waals surface area contributed by atoms with Gasteiger partial charge in [0.2, 0.25) is 0 Å². The molecule has 0 unspecified atom stereocenters. The highest BCUT2D eigenvalue weighted by atomic mass is 79.9. The Bertz CT molecular complexity index is 365. The summed E-state index contributed by atoms with van der Waals surface area (Å²) in [5.41, 5.74) is 0.776. The zero-order valence-corrected chi connectivity index (χ0v) is 7.89. The molecule has 2 aromatic rings. The number of furan rings is 1. The lowest BCUT2D eigenvalue weighted by Gasteiger charge is -1.77. The third-order valence-electron chi connectivity index (χ3n) is 1.17. The topological polar surface area (TPSA) is 13.1 Å². The van der Waals surface area contributed by atoms with Crippen molar-refractivity contribution in [3.05, 3.63) is 21.1 Å². The monoisotopic (exact) mass is 236 g/mol. The number of fused-ring (bicyclic) bond motifs is 1. The van der Waals surface area contributed by atoms with Crippen LogP contribution in [0.25, 0.3) is 10.3 Å². The Labute approximate surface area is 74.7 Å². The Morgan fingerprint density at radius 1 is 1.60 bits per heavy atom. The maximum absolute atomic E-state index is 5.78. The molecule has 10 heavy (non-hydrogen) atoms. The Hall–Kier alpha value is 0.01000.